The molecule has 0 atom stereocenters. The van der Waals surface area contributed by atoms with Gasteiger partial charge in [-0.1, -0.05) is 18.2 Å². The van der Waals surface area contributed by atoms with E-state index in [2.05, 4.69) is 10.3 Å². The highest BCUT2D eigenvalue weighted by Gasteiger charge is 2.16. The van der Waals surface area contributed by atoms with Gasteiger partial charge in [0.25, 0.3) is 5.91 Å². The van der Waals surface area contributed by atoms with E-state index in [0.29, 0.717) is 5.65 Å². The molecule has 0 saturated heterocycles. The predicted molar refractivity (Wildman–Crippen MR) is 89.0 cm³/mol. The van der Waals surface area contributed by atoms with E-state index in [1.165, 1.54) is 24.4 Å². The Morgan fingerprint density at radius 2 is 1.88 bits per heavy atom. The second kappa shape index (κ2) is 7.43. The van der Waals surface area contributed by atoms with Crippen molar-refractivity contribution in [3.63, 3.8) is 0 Å². The summed E-state index contributed by atoms with van der Waals surface area (Å²) in [6.45, 7) is -0.683. The average Bonchev–Trinajstić information content (AvgIpc) is 3.06. The summed E-state index contributed by atoms with van der Waals surface area (Å²) >= 11 is 0. The zero-order chi connectivity index (χ0) is 18.5. The molecular formula is C17H13FN4O4. The van der Waals surface area contributed by atoms with Crippen molar-refractivity contribution in [1.82, 2.24) is 14.7 Å². The van der Waals surface area contributed by atoms with Gasteiger partial charge in [0.15, 0.2) is 12.3 Å². The molecule has 2 aromatic heterocycles. The van der Waals surface area contributed by atoms with Crippen molar-refractivity contribution in [3.05, 3.63) is 66.4 Å². The van der Waals surface area contributed by atoms with E-state index in [9.17, 15) is 18.8 Å². The number of nitrogens with zero attached hydrogens (tertiary/aromatic N) is 2. The number of benzene rings is 1. The molecule has 0 bridgehead atoms. The number of urea groups is 1. The Bertz CT molecular complexity index is 953. The minimum absolute atomic E-state index is 0.0276. The monoisotopic (exact) mass is 356 g/mol. The van der Waals surface area contributed by atoms with Crippen LogP contribution in [0.3, 0.4) is 0 Å². The molecule has 8 nitrogen and oxygen atoms in total. The summed E-state index contributed by atoms with van der Waals surface area (Å²) < 4.78 is 19.8. The minimum Gasteiger partial charge on any atom is -0.451 e. The lowest BCUT2D eigenvalue weighted by Crippen LogP contribution is -2.37. The van der Waals surface area contributed by atoms with Gasteiger partial charge in [-0.2, -0.15) is 0 Å². The van der Waals surface area contributed by atoms with Crippen molar-refractivity contribution >= 4 is 29.2 Å². The predicted octanol–water partition coefficient (Wildman–Crippen LogP) is 1.98. The van der Waals surface area contributed by atoms with Crippen LogP contribution in [0, 0.1) is 5.82 Å². The van der Waals surface area contributed by atoms with Gasteiger partial charge in [0.2, 0.25) is 0 Å². The van der Waals surface area contributed by atoms with Crippen LogP contribution in [0.4, 0.5) is 14.9 Å². The van der Waals surface area contributed by atoms with Crippen molar-refractivity contribution in [3.8, 4) is 0 Å². The fourth-order valence-corrected chi connectivity index (χ4v) is 2.12. The number of carbonyl (C=O) groups excluding carboxylic acids is 3. The van der Waals surface area contributed by atoms with Crippen molar-refractivity contribution in [2.75, 3.05) is 11.9 Å². The van der Waals surface area contributed by atoms with E-state index in [1.807, 2.05) is 5.32 Å². The maximum atomic E-state index is 13.4. The van der Waals surface area contributed by atoms with Crippen LogP contribution < -0.4 is 10.6 Å². The summed E-state index contributed by atoms with van der Waals surface area (Å²) in [6, 6.07) is 9.78. The molecule has 0 fully saturated rings. The number of halogens is 1. The molecule has 1 aromatic carbocycles. The van der Waals surface area contributed by atoms with E-state index < -0.39 is 30.3 Å². The maximum Gasteiger partial charge on any atom is 0.359 e. The van der Waals surface area contributed by atoms with E-state index in [4.69, 9.17) is 4.74 Å². The average molecular weight is 356 g/mol. The molecule has 0 aliphatic rings. The second-order valence-electron chi connectivity index (χ2n) is 5.15. The Morgan fingerprint density at radius 1 is 1.12 bits per heavy atom. The Labute approximate surface area is 146 Å². The number of anilines is 1. The molecule has 3 amide bonds. The smallest absolute Gasteiger partial charge is 0.359 e. The van der Waals surface area contributed by atoms with Crippen LogP contribution in [-0.4, -0.2) is 33.9 Å². The molecule has 132 valence electrons. The number of imide groups is 1. The Balaban J connectivity index is 1.51. The van der Waals surface area contributed by atoms with Gasteiger partial charge in [-0.3, -0.25) is 10.1 Å². The number of hydrogen-bond acceptors (Lipinski definition) is 5. The SMILES string of the molecule is O=C(COC(=O)c1cn2ccccc2n1)NC(=O)Nc1ccccc1F. The van der Waals surface area contributed by atoms with Gasteiger partial charge in [0.1, 0.15) is 11.5 Å². The molecule has 0 unspecified atom stereocenters. The first-order valence-corrected chi connectivity index (χ1v) is 7.49. The Hall–Kier alpha value is -3.75. The summed E-state index contributed by atoms with van der Waals surface area (Å²) in [7, 11) is 0. The van der Waals surface area contributed by atoms with E-state index in [1.54, 1.807) is 28.8 Å². The number of esters is 1. The van der Waals surface area contributed by atoms with Gasteiger partial charge in [-0.25, -0.2) is 19.0 Å². The molecule has 0 aliphatic heterocycles. The highest BCUT2D eigenvalue weighted by atomic mass is 19.1. The van der Waals surface area contributed by atoms with Gasteiger partial charge in [0, 0.05) is 12.4 Å². The lowest BCUT2D eigenvalue weighted by Gasteiger charge is -2.07. The van der Waals surface area contributed by atoms with Crippen LogP contribution in [0.5, 0.6) is 0 Å². The van der Waals surface area contributed by atoms with Crippen molar-refractivity contribution in [2.24, 2.45) is 0 Å². The molecule has 3 rings (SSSR count). The highest BCUT2D eigenvalue weighted by Crippen LogP contribution is 2.11. The van der Waals surface area contributed by atoms with Crippen LogP contribution in [0.25, 0.3) is 5.65 Å². The molecule has 0 aliphatic carbocycles. The largest absolute Gasteiger partial charge is 0.451 e. The normalized spacial score (nSPS) is 10.3. The number of nitrogens with one attached hydrogen (secondary N) is 2. The summed E-state index contributed by atoms with van der Waals surface area (Å²) in [4.78, 5) is 39.3. The Kier molecular flexibility index (Phi) is 4.88. The van der Waals surface area contributed by atoms with E-state index >= 15 is 0 Å². The first-order valence-electron chi connectivity index (χ1n) is 7.49. The van der Waals surface area contributed by atoms with E-state index in [-0.39, 0.29) is 11.4 Å². The molecular weight excluding hydrogens is 343 g/mol. The standard InChI is InChI=1S/C17H13FN4O4/c18-11-5-1-2-6-12(11)20-17(25)21-15(23)10-26-16(24)13-9-22-8-4-3-7-14(22)19-13/h1-9H,10H2,(H2,20,21,23,25). The maximum absolute atomic E-state index is 13.4. The highest BCUT2D eigenvalue weighted by molar-refractivity contribution is 6.02. The van der Waals surface area contributed by atoms with Crippen LogP contribution in [0.1, 0.15) is 10.5 Å². The molecule has 3 aromatic rings. The first-order chi connectivity index (χ1) is 12.5. The van der Waals surface area contributed by atoms with E-state index in [0.717, 1.165) is 6.07 Å². The third kappa shape index (κ3) is 4.01. The summed E-state index contributed by atoms with van der Waals surface area (Å²) in [5, 5.41) is 4.11. The number of para-hydroxylation sites is 1. The summed E-state index contributed by atoms with van der Waals surface area (Å²) in [6.07, 6.45) is 3.17. The fraction of sp³-hybridized carbons (Fsp3) is 0.0588. The third-order valence-corrected chi connectivity index (χ3v) is 3.28. The third-order valence-electron chi connectivity index (χ3n) is 3.28. The second-order valence-corrected chi connectivity index (χ2v) is 5.15. The van der Waals surface area contributed by atoms with Gasteiger partial charge in [-0.05, 0) is 24.3 Å². The van der Waals surface area contributed by atoms with Crippen molar-refractivity contribution in [1.29, 1.82) is 0 Å². The number of aromatic nitrogens is 2. The van der Waals surface area contributed by atoms with Gasteiger partial charge in [0.05, 0.1) is 5.69 Å². The minimum atomic E-state index is -0.941. The number of pyridine rings is 1. The first kappa shape index (κ1) is 17.1. The number of fused-ring (bicyclic) bond motifs is 1. The number of hydrogen-bond donors (Lipinski definition) is 2. The number of carbonyl (C=O) groups is 3. The quantitative estimate of drug-likeness (QED) is 0.696. The molecule has 9 heteroatoms. The van der Waals surface area contributed by atoms with Crippen LogP contribution in [0.15, 0.2) is 54.9 Å². The van der Waals surface area contributed by atoms with Gasteiger partial charge in [-0.15, -0.1) is 0 Å². The molecule has 0 radical (unpaired) electrons. The van der Waals surface area contributed by atoms with Gasteiger partial charge >= 0.3 is 12.0 Å². The summed E-state index contributed by atoms with van der Waals surface area (Å²) in [5.41, 5.74) is 0.493. The van der Waals surface area contributed by atoms with Crippen LogP contribution in [0.2, 0.25) is 0 Å². The van der Waals surface area contributed by atoms with Crippen molar-refractivity contribution < 1.29 is 23.5 Å². The van der Waals surface area contributed by atoms with Gasteiger partial charge < -0.3 is 14.5 Å². The Morgan fingerprint density at radius 3 is 2.65 bits per heavy atom. The fourth-order valence-electron chi connectivity index (χ4n) is 2.12. The lowest BCUT2D eigenvalue weighted by atomic mass is 10.3. The molecule has 0 spiro atoms. The molecule has 2 N–H and O–H groups in total. The zero-order valence-electron chi connectivity index (χ0n) is 13.3. The van der Waals surface area contributed by atoms with Crippen LogP contribution >= 0.6 is 0 Å². The number of rotatable bonds is 4. The topological polar surface area (TPSA) is 102 Å². The lowest BCUT2D eigenvalue weighted by molar-refractivity contribution is -0.123. The summed E-state index contributed by atoms with van der Waals surface area (Å²) in [5.74, 6) is -2.32. The molecule has 0 saturated carbocycles. The van der Waals surface area contributed by atoms with Crippen LogP contribution in [-0.2, 0) is 9.53 Å². The number of amides is 3. The number of ether oxygens (including phenoxy) is 1. The van der Waals surface area contributed by atoms with Crippen molar-refractivity contribution in [2.45, 2.75) is 0 Å². The zero-order valence-corrected chi connectivity index (χ0v) is 13.3. The molecule has 26 heavy (non-hydrogen) atoms. The molecule has 2 heterocycles. The number of imidazole rings is 1.